The minimum absolute atomic E-state index is 0.0182. The second kappa shape index (κ2) is 13.3. The lowest BCUT2D eigenvalue weighted by Gasteiger charge is -2.30. The molecule has 0 unspecified atom stereocenters. The molecule has 210 valence electrons. The van der Waals surface area contributed by atoms with Crippen LogP contribution in [0.15, 0.2) is 96.0 Å². The van der Waals surface area contributed by atoms with Gasteiger partial charge in [0.15, 0.2) is 11.6 Å². The van der Waals surface area contributed by atoms with E-state index in [2.05, 4.69) is 5.43 Å². The normalized spacial score (nSPS) is 18.8. The molecule has 0 bridgehead atoms. The minimum Gasteiger partial charge on any atom is -0.494 e. The summed E-state index contributed by atoms with van der Waals surface area (Å²) in [5, 5.41) is 8.95. The third kappa shape index (κ3) is 7.49. The molecule has 0 radical (unpaired) electrons. The second-order valence-electron chi connectivity index (χ2n) is 9.14. The molecule has 40 heavy (non-hydrogen) atoms. The average molecular weight is 554 g/mol. The molecule has 0 saturated carbocycles. The highest BCUT2D eigenvalue weighted by molar-refractivity contribution is 6.01. The number of rotatable bonds is 12. The number of halogens is 3. The quantitative estimate of drug-likeness (QED) is 0.217. The molecular weight excluding hydrogens is 523 g/mol. The molecule has 3 aromatic carbocycles. The highest BCUT2D eigenvalue weighted by Gasteiger charge is 2.52. The number of nitrogens with one attached hydrogen (secondary N) is 2. The van der Waals surface area contributed by atoms with Gasteiger partial charge in [-0.05, 0) is 35.4 Å². The predicted molar refractivity (Wildman–Crippen MR) is 145 cm³/mol. The molecule has 0 aliphatic carbocycles. The Labute approximate surface area is 230 Å². The number of nitrogens with zero attached hydrogens (tertiary/aromatic N) is 1. The number of alkyl halides is 3. The van der Waals surface area contributed by atoms with Gasteiger partial charge in [-0.15, -0.1) is 0 Å². The van der Waals surface area contributed by atoms with Gasteiger partial charge in [-0.3, -0.25) is 10.2 Å². The van der Waals surface area contributed by atoms with Gasteiger partial charge in [-0.1, -0.05) is 72.8 Å². The van der Waals surface area contributed by atoms with Crippen LogP contribution in [0.4, 0.5) is 13.2 Å². The number of aliphatic imine (C=N–C) groups is 1. The minimum atomic E-state index is -4.52. The first kappa shape index (κ1) is 28.8. The van der Waals surface area contributed by atoms with Crippen molar-refractivity contribution < 1.29 is 32.5 Å². The van der Waals surface area contributed by atoms with Crippen LogP contribution in [0.1, 0.15) is 35.6 Å². The Morgan fingerprint density at radius 3 is 2.35 bits per heavy atom. The molecular formula is C30H30F3N3O4. The van der Waals surface area contributed by atoms with Crippen molar-refractivity contribution in [3.05, 3.63) is 108 Å². The van der Waals surface area contributed by atoms with Gasteiger partial charge >= 0.3 is 6.18 Å². The number of ether oxygens (including phenoxy) is 2. The number of aliphatic hydroxyl groups excluding tert-OH is 1. The van der Waals surface area contributed by atoms with Gasteiger partial charge < -0.3 is 14.6 Å². The van der Waals surface area contributed by atoms with Gasteiger partial charge in [0, 0.05) is 25.0 Å². The van der Waals surface area contributed by atoms with E-state index in [0.717, 1.165) is 5.56 Å². The molecule has 1 aliphatic heterocycles. The summed E-state index contributed by atoms with van der Waals surface area (Å²) in [5.74, 6) is -0.00123. The smallest absolute Gasteiger partial charge is 0.402 e. The lowest BCUT2D eigenvalue weighted by Crippen LogP contribution is -2.54. The molecule has 3 aromatic rings. The number of carbonyl (C=O) groups is 1. The number of benzene rings is 3. The van der Waals surface area contributed by atoms with Crippen LogP contribution in [0.3, 0.4) is 0 Å². The maximum Gasteiger partial charge on any atom is 0.402 e. The first-order valence-corrected chi connectivity index (χ1v) is 12.8. The monoisotopic (exact) mass is 553 g/mol. The van der Waals surface area contributed by atoms with E-state index in [1.807, 2.05) is 47.9 Å². The summed E-state index contributed by atoms with van der Waals surface area (Å²) in [4.78, 5) is 18.4. The first-order chi connectivity index (χ1) is 19.3. The molecule has 0 spiro atoms. The Balaban J connectivity index is 1.69. The van der Waals surface area contributed by atoms with Crippen LogP contribution in [0.2, 0.25) is 0 Å². The van der Waals surface area contributed by atoms with Gasteiger partial charge in [-0.2, -0.15) is 13.2 Å². The molecule has 0 fully saturated rings. The van der Waals surface area contributed by atoms with E-state index in [0.29, 0.717) is 29.9 Å². The molecule has 1 amide bonds. The number of aliphatic hydroxyl groups is 1. The topological polar surface area (TPSA) is 92.2 Å². The van der Waals surface area contributed by atoms with E-state index < -0.39 is 30.3 Å². The predicted octanol–water partition coefficient (Wildman–Crippen LogP) is 4.99. The first-order valence-electron chi connectivity index (χ1n) is 12.8. The zero-order valence-electron chi connectivity index (χ0n) is 21.6. The van der Waals surface area contributed by atoms with Crippen LogP contribution in [0.25, 0.3) is 6.08 Å². The fourth-order valence-corrected chi connectivity index (χ4v) is 4.21. The van der Waals surface area contributed by atoms with Gasteiger partial charge in [0.25, 0.3) is 5.91 Å². The van der Waals surface area contributed by atoms with E-state index in [1.54, 1.807) is 54.6 Å². The van der Waals surface area contributed by atoms with Gasteiger partial charge in [0.05, 0.1) is 6.61 Å². The van der Waals surface area contributed by atoms with Crippen LogP contribution >= 0.6 is 0 Å². The second-order valence-corrected chi connectivity index (χ2v) is 9.14. The third-order valence-electron chi connectivity index (χ3n) is 6.16. The molecule has 1 aliphatic rings. The van der Waals surface area contributed by atoms with Crippen molar-refractivity contribution in [2.75, 3.05) is 19.8 Å². The fraction of sp³-hybridized carbons (Fsp3) is 0.267. The Kier molecular flexibility index (Phi) is 9.57. The Morgan fingerprint density at radius 2 is 1.70 bits per heavy atom. The number of hydrogen-bond donors (Lipinski definition) is 3. The maximum atomic E-state index is 13.7. The maximum absolute atomic E-state index is 13.7. The molecule has 4 rings (SSSR count). The van der Waals surface area contributed by atoms with Crippen molar-refractivity contribution in [2.24, 2.45) is 4.99 Å². The molecule has 7 nitrogen and oxygen atoms in total. The Bertz CT molecular complexity index is 1300. The van der Waals surface area contributed by atoms with Crippen molar-refractivity contribution in [1.82, 2.24) is 10.9 Å². The Morgan fingerprint density at radius 1 is 1.02 bits per heavy atom. The molecule has 1 heterocycles. The summed E-state index contributed by atoms with van der Waals surface area (Å²) in [5.41, 5.74) is 4.69. The summed E-state index contributed by atoms with van der Waals surface area (Å²) in [6.45, 7) is -1.03. The summed E-state index contributed by atoms with van der Waals surface area (Å²) < 4.78 is 50.4. The standard InChI is InChI=1S/C30H30F3N3O4/c31-30(32,33)21-34-36-28(38)29(18-7-11-22-9-3-1-4-10-22)26(23-12-5-2-6-13-23)40-27(35-29)24-14-16-25(17-15-24)39-20-8-19-37/h1-7,9-17,26,34,37H,8,18-21H2,(H,36,38)/b11-7+/t26-,29-/m0/s1. The van der Waals surface area contributed by atoms with Crippen LogP contribution in [0.5, 0.6) is 5.75 Å². The zero-order valence-corrected chi connectivity index (χ0v) is 21.6. The molecule has 10 heteroatoms. The zero-order chi connectivity index (χ0) is 28.4. The van der Waals surface area contributed by atoms with Crippen molar-refractivity contribution >= 4 is 17.9 Å². The van der Waals surface area contributed by atoms with Gasteiger partial charge in [0.2, 0.25) is 5.90 Å². The highest BCUT2D eigenvalue weighted by Crippen LogP contribution is 2.42. The number of amides is 1. The van der Waals surface area contributed by atoms with Crippen molar-refractivity contribution in [3.63, 3.8) is 0 Å². The third-order valence-corrected chi connectivity index (χ3v) is 6.16. The molecule has 3 N–H and O–H groups in total. The average Bonchev–Trinajstić information content (AvgIpc) is 3.35. The van der Waals surface area contributed by atoms with Crippen LogP contribution in [0, 0.1) is 0 Å². The van der Waals surface area contributed by atoms with Crippen LogP contribution < -0.4 is 15.6 Å². The SMILES string of the molecule is O=C(NNCC(F)(F)F)[C@@]1(C/C=C/c2ccccc2)N=C(c2ccc(OCCCO)cc2)O[C@H]1c1ccccc1. The number of hydrogen-bond acceptors (Lipinski definition) is 6. The Hall–Kier alpha value is -4.15. The van der Waals surface area contributed by atoms with E-state index in [-0.39, 0.29) is 18.9 Å². The van der Waals surface area contributed by atoms with Crippen LogP contribution in [-0.2, 0) is 9.53 Å². The van der Waals surface area contributed by atoms with Gasteiger partial charge in [0.1, 0.15) is 12.3 Å². The van der Waals surface area contributed by atoms with Crippen molar-refractivity contribution in [1.29, 1.82) is 0 Å². The lowest BCUT2D eigenvalue weighted by molar-refractivity contribution is -0.136. The molecule has 2 atom stereocenters. The summed E-state index contributed by atoms with van der Waals surface area (Å²) in [6, 6.07) is 25.3. The van der Waals surface area contributed by atoms with Crippen LogP contribution in [-0.4, -0.2) is 48.4 Å². The van der Waals surface area contributed by atoms with E-state index >= 15 is 0 Å². The summed E-state index contributed by atoms with van der Waals surface area (Å²) in [7, 11) is 0. The largest absolute Gasteiger partial charge is 0.494 e. The number of carbonyl (C=O) groups excluding carboxylic acids is 1. The summed E-state index contributed by atoms with van der Waals surface area (Å²) >= 11 is 0. The molecule has 0 saturated heterocycles. The lowest BCUT2D eigenvalue weighted by atomic mass is 9.84. The van der Waals surface area contributed by atoms with Crippen molar-refractivity contribution in [3.8, 4) is 5.75 Å². The van der Waals surface area contributed by atoms with E-state index in [9.17, 15) is 18.0 Å². The number of hydrazine groups is 1. The van der Waals surface area contributed by atoms with Gasteiger partial charge in [-0.25, -0.2) is 10.4 Å². The van der Waals surface area contributed by atoms with E-state index in [1.165, 1.54) is 0 Å². The van der Waals surface area contributed by atoms with E-state index in [4.69, 9.17) is 19.6 Å². The summed E-state index contributed by atoms with van der Waals surface area (Å²) in [6.07, 6.45) is -1.31. The highest BCUT2D eigenvalue weighted by atomic mass is 19.4. The molecule has 0 aromatic heterocycles. The fourth-order valence-electron chi connectivity index (χ4n) is 4.21. The van der Waals surface area contributed by atoms with Crippen molar-refractivity contribution in [2.45, 2.75) is 30.7 Å².